The highest BCUT2D eigenvalue weighted by Gasteiger charge is 2.21. The highest BCUT2D eigenvalue weighted by Crippen LogP contribution is 2.21. The molecule has 0 saturated carbocycles. The fourth-order valence-electron chi connectivity index (χ4n) is 2.37. The van der Waals surface area contributed by atoms with Crippen molar-refractivity contribution in [2.75, 3.05) is 29.5 Å². The van der Waals surface area contributed by atoms with Crippen LogP contribution in [-0.4, -0.2) is 39.4 Å². The van der Waals surface area contributed by atoms with Gasteiger partial charge in [0.2, 0.25) is 0 Å². The third-order valence-corrected chi connectivity index (χ3v) is 5.30. The summed E-state index contributed by atoms with van der Waals surface area (Å²) in [6.07, 6.45) is 1.41. The van der Waals surface area contributed by atoms with Crippen molar-refractivity contribution >= 4 is 27.6 Å². The zero-order valence-corrected chi connectivity index (χ0v) is 13.4. The van der Waals surface area contributed by atoms with E-state index in [0.29, 0.717) is 13.1 Å². The molecule has 1 aliphatic heterocycles. The number of ether oxygens (including phenoxy) is 1. The van der Waals surface area contributed by atoms with Crippen molar-refractivity contribution < 1.29 is 13.2 Å². The lowest BCUT2D eigenvalue weighted by Gasteiger charge is -2.28. The smallest absolute Gasteiger partial charge is 0.181 e. The Morgan fingerprint density at radius 3 is 2.26 bits per heavy atom. The summed E-state index contributed by atoms with van der Waals surface area (Å²) < 4.78 is 28.3. The fraction of sp³-hybridized carbons (Fsp3) is 0.235. The second kappa shape index (κ2) is 6.83. The number of benzene rings is 2. The van der Waals surface area contributed by atoms with E-state index in [1.165, 1.54) is 6.40 Å². The van der Waals surface area contributed by atoms with Gasteiger partial charge in [-0.25, -0.2) is 13.4 Å². The summed E-state index contributed by atoms with van der Waals surface area (Å²) in [4.78, 5) is 6.33. The van der Waals surface area contributed by atoms with Crippen LogP contribution in [0.4, 0.5) is 11.4 Å². The van der Waals surface area contributed by atoms with Crippen molar-refractivity contribution in [1.82, 2.24) is 0 Å². The number of anilines is 1. The molecule has 0 aliphatic carbocycles. The lowest BCUT2D eigenvalue weighted by molar-refractivity contribution is 0.574. The molecule has 0 bridgehead atoms. The van der Waals surface area contributed by atoms with Gasteiger partial charge in [0.1, 0.15) is 5.75 Å². The molecule has 0 radical (unpaired) electrons. The molecule has 6 heteroatoms. The average molecular weight is 330 g/mol. The van der Waals surface area contributed by atoms with Gasteiger partial charge in [0.05, 0.1) is 17.2 Å². The molecule has 0 aromatic heterocycles. The van der Waals surface area contributed by atoms with Gasteiger partial charge in [-0.05, 0) is 36.4 Å². The molecule has 0 N–H and O–H groups in total. The topological polar surface area (TPSA) is 59.0 Å². The largest absolute Gasteiger partial charge is 0.446 e. The minimum atomic E-state index is -2.85. The van der Waals surface area contributed by atoms with Crippen LogP contribution in [-0.2, 0) is 9.84 Å². The van der Waals surface area contributed by atoms with Crippen LogP contribution in [0.25, 0.3) is 0 Å². The van der Waals surface area contributed by atoms with Crippen LogP contribution in [0.5, 0.6) is 5.75 Å². The van der Waals surface area contributed by atoms with Crippen LogP contribution in [0.1, 0.15) is 0 Å². The molecule has 0 unspecified atom stereocenters. The second-order valence-corrected chi connectivity index (χ2v) is 7.62. The number of aliphatic imine (C=N–C) groups is 1. The van der Waals surface area contributed by atoms with E-state index in [2.05, 4.69) is 9.89 Å². The van der Waals surface area contributed by atoms with Gasteiger partial charge in [-0.1, -0.05) is 18.2 Å². The summed E-state index contributed by atoms with van der Waals surface area (Å²) in [6.45, 7) is 1.09. The second-order valence-electron chi connectivity index (χ2n) is 5.32. The maximum absolute atomic E-state index is 11.5. The molecule has 1 heterocycles. The van der Waals surface area contributed by atoms with E-state index in [1.54, 1.807) is 0 Å². The molecule has 0 atom stereocenters. The van der Waals surface area contributed by atoms with Crippen molar-refractivity contribution in [2.24, 2.45) is 4.99 Å². The Balaban J connectivity index is 1.59. The first-order valence-electron chi connectivity index (χ1n) is 7.42. The quantitative estimate of drug-likeness (QED) is 0.639. The van der Waals surface area contributed by atoms with E-state index in [9.17, 15) is 8.42 Å². The number of nitrogens with zero attached hydrogens (tertiary/aromatic N) is 2. The average Bonchev–Trinajstić information content (AvgIpc) is 2.57. The Morgan fingerprint density at radius 2 is 1.61 bits per heavy atom. The van der Waals surface area contributed by atoms with Crippen LogP contribution < -0.4 is 9.64 Å². The summed E-state index contributed by atoms with van der Waals surface area (Å²) in [5.74, 6) is 1.18. The molecule has 3 rings (SSSR count). The molecule has 5 nitrogen and oxygen atoms in total. The third-order valence-electron chi connectivity index (χ3n) is 3.69. The number of hydrogen-bond acceptors (Lipinski definition) is 5. The maximum Gasteiger partial charge on any atom is 0.181 e. The molecule has 0 amide bonds. The predicted octanol–water partition coefficient (Wildman–Crippen LogP) is 2.66. The van der Waals surface area contributed by atoms with Crippen molar-refractivity contribution in [1.29, 1.82) is 0 Å². The Morgan fingerprint density at radius 1 is 0.957 bits per heavy atom. The Bertz CT molecular complexity index is 757. The SMILES string of the molecule is O=S1(=O)CCN(c2ccc(N=COc3ccccc3)cc2)CC1. The molecule has 23 heavy (non-hydrogen) atoms. The van der Waals surface area contributed by atoms with Crippen molar-refractivity contribution in [3.8, 4) is 5.75 Å². The minimum absolute atomic E-state index is 0.220. The first kappa shape index (κ1) is 15.6. The van der Waals surface area contributed by atoms with E-state index < -0.39 is 9.84 Å². The molecule has 1 saturated heterocycles. The van der Waals surface area contributed by atoms with Gasteiger partial charge in [0.15, 0.2) is 16.2 Å². The van der Waals surface area contributed by atoms with Gasteiger partial charge in [0, 0.05) is 18.8 Å². The summed E-state index contributed by atoms with van der Waals surface area (Å²) >= 11 is 0. The summed E-state index contributed by atoms with van der Waals surface area (Å²) in [7, 11) is -2.85. The van der Waals surface area contributed by atoms with Crippen molar-refractivity contribution in [2.45, 2.75) is 0 Å². The van der Waals surface area contributed by atoms with Gasteiger partial charge in [0.25, 0.3) is 0 Å². The van der Waals surface area contributed by atoms with E-state index in [4.69, 9.17) is 4.74 Å². The molecule has 1 fully saturated rings. The lowest BCUT2D eigenvalue weighted by atomic mass is 10.2. The zero-order chi connectivity index (χ0) is 16.1. The molecular weight excluding hydrogens is 312 g/mol. The molecule has 120 valence electrons. The monoisotopic (exact) mass is 330 g/mol. The number of rotatable bonds is 4. The van der Waals surface area contributed by atoms with E-state index >= 15 is 0 Å². The Hall–Kier alpha value is -2.34. The predicted molar refractivity (Wildman–Crippen MR) is 92.5 cm³/mol. The number of hydrogen-bond donors (Lipinski definition) is 0. The highest BCUT2D eigenvalue weighted by atomic mass is 32.2. The molecular formula is C17H18N2O3S. The summed E-state index contributed by atoms with van der Waals surface area (Å²) in [5, 5.41) is 0. The van der Waals surface area contributed by atoms with Gasteiger partial charge in [-0.3, -0.25) is 0 Å². The molecule has 1 aliphatic rings. The summed E-state index contributed by atoms with van der Waals surface area (Å²) in [6, 6.07) is 17.1. The summed E-state index contributed by atoms with van der Waals surface area (Å²) in [5.41, 5.74) is 1.80. The van der Waals surface area contributed by atoms with Crippen LogP contribution in [0.15, 0.2) is 59.6 Å². The third kappa shape index (κ3) is 4.32. The van der Waals surface area contributed by atoms with Crippen molar-refractivity contribution in [3.05, 3.63) is 54.6 Å². The van der Waals surface area contributed by atoms with E-state index in [0.717, 1.165) is 17.1 Å². The minimum Gasteiger partial charge on any atom is -0.446 e. The van der Waals surface area contributed by atoms with Crippen LogP contribution in [0.3, 0.4) is 0 Å². The van der Waals surface area contributed by atoms with Gasteiger partial charge in [-0.2, -0.15) is 0 Å². The van der Waals surface area contributed by atoms with E-state index in [1.807, 2.05) is 54.6 Å². The van der Waals surface area contributed by atoms with Crippen molar-refractivity contribution in [3.63, 3.8) is 0 Å². The van der Waals surface area contributed by atoms with Crippen LogP contribution in [0.2, 0.25) is 0 Å². The van der Waals surface area contributed by atoms with Gasteiger partial charge >= 0.3 is 0 Å². The molecule has 2 aromatic rings. The maximum atomic E-state index is 11.5. The Labute approximate surface area is 136 Å². The fourth-order valence-corrected chi connectivity index (χ4v) is 3.57. The lowest BCUT2D eigenvalue weighted by Crippen LogP contribution is -2.40. The molecule has 0 spiro atoms. The first-order chi connectivity index (χ1) is 11.1. The number of para-hydroxylation sites is 1. The normalized spacial score (nSPS) is 17.3. The standard InChI is InChI=1S/C17H18N2O3S/c20-23(21)12-10-19(11-13-23)16-8-6-15(7-9-16)18-14-22-17-4-2-1-3-5-17/h1-9,14H,10-13H2. The first-order valence-corrected chi connectivity index (χ1v) is 9.24. The van der Waals surface area contributed by atoms with Crippen LogP contribution in [0, 0.1) is 0 Å². The van der Waals surface area contributed by atoms with E-state index in [-0.39, 0.29) is 11.5 Å². The number of sulfone groups is 1. The van der Waals surface area contributed by atoms with Gasteiger partial charge < -0.3 is 9.64 Å². The highest BCUT2D eigenvalue weighted by molar-refractivity contribution is 7.91. The molecule has 2 aromatic carbocycles. The Kier molecular flexibility index (Phi) is 4.62. The van der Waals surface area contributed by atoms with Crippen LogP contribution >= 0.6 is 0 Å². The zero-order valence-electron chi connectivity index (χ0n) is 12.6. The van der Waals surface area contributed by atoms with Gasteiger partial charge in [-0.15, -0.1) is 0 Å².